The van der Waals surface area contributed by atoms with Crippen molar-refractivity contribution >= 4 is 5.91 Å². The van der Waals surface area contributed by atoms with Gasteiger partial charge in [-0.1, -0.05) is 0 Å². The van der Waals surface area contributed by atoms with E-state index in [2.05, 4.69) is 10.1 Å². The molecule has 0 spiro atoms. The number of aliphatic hydroxyl groups is 1. The fourth-order valence-electron chi connectivity index (χ4n) is 0.547. The predicted molar refractivity (Wildman–Crippen MR) is 41.0 cm³/mol. The van der Waals surface area contributed by atoms with Crippen LogP contribution in [0.5, 0.6) is 0 Å². The Kier molecular flexibility index (Phi) is 4.31. The largest absolute Gasteiger partial charge is 0.480 e. The van der Waals surface area contributed by atoms with Gasteiger partial charge in [-0.2, -0.15) is 5.26 Å². The number of nitriles is 1. The highest BCUT2D eigenvalue weighted by Gasteiger charge is 2.14. The Morgan fingerprint density at radius 2 is 2.33 bits per heavy atom. The Balaban J connectivity index is 4.59. The lowest BCUT2D eigenvalue weighted by Gasteiger charge is -2.01. The molecule has 0 atom stereocenters. The molecule has 5 nitrogen and oxygen atoms in total. The maximum absolute atomic E-state index is 10.9. The average molecular weight is 170 g/mol. The van der Waals surface area contributed by atoms with Crippen molar-refractivity contribution in [2.75, 3.05) is 13.7 Å². The van der Waals surface area contributed by atoms with Crippen LogP contribution >= 0.6 is 0 Å². The van der Waals surface area contributed by atoms with Gasteiger partial charge >= 0.3 is 5.95 Å². The lowest BCUT2D eigenvalue weighted by atomic mass is 10.3. The van der Waals surface area contributed by atoms with E-state index in [1.165, 1.54) is 13.2 Å². The zero-order valence-electron chi connectivity index (χ0n) is 6.92. The smallest absolute Gasteiger partial charge is 0.300 e. The number of nitrogens with zero attached hydrogens (tertiary/aromatic N) is 1. The second-order valence-electron chi connectivity index (χ2n) is 1.86. The first-order valence-corrected chi connectivity index (χ1v) is 3.32. The van der Waals surface area contributed by atoms with Gasteiger partial charge in [-0.25, -0.2) is 0 Å². The molecule has 1 amide bonds. The van der Waals surface area contributed by atoms with E-state index in [1.807, 2.05) is 0 Å². The van der Waals surface area contributed by atoms with E-state index in [1.54, 1.807) is 6.92 Å². The molecule has 0 unspecified atom stereocenters. The molecule has 0 aliphatic carbocycles. The number of rotatable bonds is 3. The van der Waals surface area contributed by atoms with E-state index in [0.717, 1.165) is 0 Å². The molecule has 12 heavy (non-hydrogen) atoms. The molecular weight excluding hydrogens is 160 g/mol. The summed E-state index contributed by atoms with van der Waals surface area (Å²) < 4.78 is 4.32. The van der Waals surface area contributed by atoms with Gasteiger partial charge in [-0.05, 0) is 6.92 Å². The van der Waals surface area contributed by atoms with Crippen molar-refractivity contribution in [1.82, 2.24) is 5.32 Å². The van der Waals surface area contributed by atoms with Crippen LogP contribution in [0.4, 0.5) is 0 Å². The summed E-state index contributed by atoms with van der Waals surface area (Å²) in [7, 11) is 1.17. The van der Waals surface area contributed by atoms with Crippen LogP contribution in [0.25, 0.3) is 0 Å². The number of hydrogen-bond donors (Lipinski definition) is 2. The van der Waals surface area contributed by atoms with Gasteiger partial charge in [0, 0.05) is 6.54 Å². The summed E-state index contributed by atoms with van der Waals surface area (Å²) in [6.07, 6.45) is 0. The monoisotopic (exact) mass is 170 g/mol. The quantitative estimate of drug-likeness (QED) is 0.356. The average Bonchev–Trinajstić information content (AvgIpc) is 2.06. The minimum Gasteiger partial charge on any atom is -0.480 e. The van der Waals surface area contributed by atoms with Gasteiger partial charge in [-0.15, -0.1) is 0 Å². The van der Waals surface area contributed by atoms with Crippen LogP contribution in [0.1, 0.15) is 6.92 Å². The first kappa shape index (κ1) is 10.3. The van der Waals surface area contributed by atoms with Crippen molar-refractivity contribution < 1.29 is 14.6 Å². The molecule has 0 aromatic carbocycles. The van der Waals surface area contributed by atoms with E-state index in [4.69, 9.17) is 10.4 Å². The zero-order valence-corrected chi connectivity index (χ0v) is 6.92. The van der Waals surface area contributed by atoms with Crippen LogP contribution in [0.2, 0.25) is 0 Å². The number of carbonyl (C=O) groups excluding carboxylic acids is 1. The predicted octanol–water partition coefficient (Wildman–Crippen LogP) is 0.0621. The van der Waals surface area contributed by atoms with Crippen LogP contribution in [-0.4, -0.2) is 24.7 Å². The molecular formula is C7H10N2O3. The van der Waals surface area contributed by atoms with Gasteiger partial charge in [0.2, 0.25) is 0 Å². The molecule has 0 radical (unpaired) electrons. The Morgan fingerprint density at radius 1 is 1.75 bits per heavy atom. The van der Waals surface area contributed by atoms with Gasteiger partial charge in [0.05, 0.1) is 7.11 Å². The van der Waals surface area contributed by atoms with E-state index in [-0.39, 0.29) is 0 Å². The number of likely N-dealkylation sites (N-methyl/N-ethyl adjacent to an activating group) is 1. The van der Waals surface area contributed by atoms with E-state index in [9.17, 15) is 4.79 Å². The molecule has 2 N–H and O–H groups in total. The normalized spacial score (nSPS) is 11.1. The Hall–Kier alpha value is -1.70. The lowest BCUT2D eigenvalue weighted by molar-refractivity contribution is -0.117. The fourth-order valence-corrected chi connectivity index (χ4v) is 0.547. The number of methoxy groups -OCH3 is 1. The Labute approximate surface area is 70.3 Å². The molecule has 0 aliphatic heterocycles. The SMILES string of the molecule is CCNC(=O)/C(C#N)=C(\O)OC. The van der Waals surface area contributed by atoms with Gasteiger partial charge in [0.25, 0.3) is 5.91 Å². The third-order valence-corrected chi connectivity index (χ3v) is 1.08. The highest BCUT2D eigenvalue weighted by atomic mass is 16.6. The molecule has 0 aliphatic rings. The van der Waals surface area contributed by atoms with Crippen LogP contribution in [0.3, 0.4) is 0 Å². The third-order valence-electron chi connectivity index (χ3n) is 1.08. The van der Waals surface area contributed by atoms with Crippen molar-refractivity contribution in [3.05, 3.63) is 11.5 Å². The fraction of sp³-hybridized carbons (Fsp3) is 0.429. The molecule has 0 aromatic rings. The zero-order chi connectivity index (χ0) is 9.56. The lowest BCUT2D eigenvalue weighted by Crippen LogP contribution is -2.25. The first-order valence-electron chi connectivity index (χ1n) is 3.32. The minimum absolute atomic E-state index is 0.390. The summed E-state index contributed by atoms with van der Waals surface area (Å²) in [6, 6.07) is 1.53. The number of hydrogen-bond acceptors (Lipinski definition) is 4. The standard InChI is InChI=1S/C7H10N2O3/c1-3-9-6(10)5(4-8)7(11)12-2/h11H,3H2,1-2H3,(H,9,10)/b7-5+. The highest BCUT2D eigenvalue weighted by Crippen LogP contribution is 2.00. The maximum atomic E-state index is 10.9. The van der Waals surface area contributed by atoms with E-state index in [0.29, 0.717) is 6.54 Å². The van der Waals surface area contributed by atoms with Crippen molar-refractivity contribution in [2.45, 2.75) is 6.92 Å². The van der Waals surface area contributed by atoms with Crippen molar-refractivity contribution in [3.63, 3.8) is 0 Å². The van der Waals surface area contributed by atoms with Gasteiger partial charge in [-0.3, -0.25) is 4.79 Å². The topological polar surface area (TPSA) is 82.4 Å². The van der Waals surface area contributed by atoms with Crippen LogP contribution in [-0.2, 0) is 9.53 Å². The van der Waals surface area contributed by atoms with Crippen LogP contribution in [0, 0.1) is 11.3 Å². The summed E-state index contributed by atoms with van der Waals surface area (Å²) in [5.74, 6) is -1.30. The van der Waals surface area contributed by atoms with Gasteiger partial charge in [0.15, 0.2) is 5.57 Å². The molecule has 66 valence electrons. The van der Waals surface area contributed by atoms with E-state index >= 15 is 0 Å². The number of amides is 1. The summed E-state index contributed by atoms with van der Waals surface area (Å²) in [4.78, 5) is 10.9. The Bertz CT molecular complexity index is 240. The summed E-state index contributed by atoms with van der Waals surface area (Å²) in [5.41, 5.74) is -0.417. The van der Waals surface area contributed by atoms with Gasteiger partial charge < -0.3 is 15.2 Å². The Morgan fingerprint density at radius 3 is 2.67 bits per heavy atom. The van der Waals surface area contributed by atoms with Crippen molar-refractivity contribution in [1.29, 1.82) is 5.26 Å². The van der Waals surface area contributed by atoms with Gasteiger partial charge in [0.1, 0.15) is 6.07 Å². The third kappa shape index (κ3) is 2.50. The highest BCUT2D eigenvalue weighted by molar-refractivity contribution is 5.97. The second-order valence-corrected chi connectivity index (χ2v) is 1.86. The molecule has 0 bridgehead atoms. The number of ether oxygens (including phenoxy) is 1. The molecule has 0 rings (SSSR count). The maximum Gasteiger partial charge on any atom is 0.300 e. The summed E-state index contributed by atoms with van der Waals surface area (Å²) >= 11 is 0. The number of carbonyl (C=O) groups is 1. The van der Waals surface area contributed by atoms with E-state index < -0.39 is 17.4 Å². The van der Waals surface area contributed by atoms with Crippen LogP contribution in [0.15, 0.2) is 11.5 Å². The summed E-state index contributed by atoms with van der Waals surface area (Å²) in [5, 5.41) is 19.7. The molecule has 0 saturated heterocycles. The molecule has 5 heteroatoms. The molecule has 0 aromatic heterocycles. The number of nitrogens with one attached hydrogen (secondary N) is 1. The minimum atomic E-state index is -0.663. The second kappa shape index (κ2) is 5.02. The molecule has 0 heterocycles. The summed E-state index contributed by atoms with van der Waals surface area (Å²) in [6.45, 7) is 2.09. The van der Waals surface area contributed by atoms with Crippen molar-refractivity contribution in [2.24, 2.45) is 0 Å². The molecule has 0 saturated carbocycles. The molecule has 0 fully saturated rings. The van der Waals surface area contributed by atoms with Crippen molar-refractivity contribution in [3.8, 4) is 6.07 Å². The van der Waals surface area contributed by atoms with Crippen LogP contribution < -0.4 is 5.32 Å². The number of aliphatic hydroxyl groups excluding tert-OH is 1. The first-order chi connectivity index (χ1) is 5.67.